The summed E-state index contributed by atoms with van der Waals surface area (Å²) in [4.78, 5) is 13.8. The molecule has 35 heavy (non-hydrogen) atoms. The van der Waals surface area contributed by atoms with Crippen molar-refractivity contribution in [1.29, 1.82) is 0 Å². The van der Waals surface area contributed by atoms with Gasteiger partial charge in [0.05, 0.1) is 24.0 Å². The van der Waals surface area contributed by atoms with Gasteiger partial charge in [-0.2, -0.15) is 18.3 Å². The maximum Gasteiger partial charge on any atom is 0.422 e. The van der Waals surface area contributed by atoms with Crippen LogP contribution in [-0.2, 0) is 15.1 Å². The number of nitrogens with zero attached hydrogens (tertiary/aromatic N) is 3. The van der Waals surface area contributed by atoms with Gasteiger partial charge in [-0.15, -0.1) is 6.58 Å². The minimum Gasteiger partial charge on any atom is -0.461 e. The molecule has 0 spiro atoms. The van der Waals surface area contributed by atoms with Gasteiger partial charge in [-0.25, -0.2) is 13.9 Å². The third-order valence-corrected chi connectivity index (χ3v) is 6.00. The zero-order valence-electron chi connectivity index (χ0n) is 18.8. The van der Waals surface area contributed by atoms with Gasteiger partial charge in [0.25, 0.3) is 0 Å². The fraction of sp³-hybridized carbons (Fsp3) is 0.280. The fourth-order valence-corrected chi connectivity index (χ4v) is 4.31. The Kier molecular flexibility index (Phi) is 6.42. The van der Waals surface area contributed by atoms with E-state index in [9.17, 15) is 27.5 Å². The molecular formula is C25H23F4N3O3. The second-order valence-electron chi connectivity index (χ2n) is 8.14. The highest BCUT2D eigenvalue weighted by molar-refractivity contribution is 5.88. The molecule has 0 aliphatic carbocycles. The van der Waals surface area contributed by atoms with Crippen LogP contribution in [0.15, 0.2) is 73.1 Å². The van der Waals surface area contributed by atoms with Gasteiger partial charge in [-0.3, -0.25) is 0 Å². The van der Waals surface area contributed by atoms with Crippen molar-refractivity contribution in [1.82, 2.24) is 14.7 Å². The Morgan fingerprint density at radius 3 is 2.60 bits per heavy atom. The van der Waals surface area contributed by atoms with Crippen molar-refractivity contribution in [2.45, 2.75) is 18.7 Å². The molecule has 3 aromatic rings. The first kappa shape index (κ1) is 24.5. The summed E-state index contributed by atoms with van der Waals surface area (Å²) in [6.45, 7) is 5.09. The first-order valence-electron chi connectivity index (χ1n) is 10.9. The summed E-state index contributed by atoms with van der Waals surface area (Å²) in [7, 11) is 0. The van der Waals surface area contributed by atoms with Crippen LogP contribution in [0.5, 0.6) is 0 Å². The molecule has 184 valence electrons. The van der Waals surface area contributed by atoms with E-state index in [1.165, 1.54) is 64.3 Å². The summed E-state index contributed by atoms with van der Waals surface area (Å²) < 4.78 is 63.1. The summed E-state index contributed by atoms with van der Waals surface area (Å²) in [5.74, 6) is -2.68. The van der Waals surface area contributed by atoms with Crippen molar-refractivity contribution in [2.24, 2.45) is 5.92 Å². The highest BCUT2D eigenvalue weighted by Gasteiger charge is 2.60. The number of carbonyl (C=O) groups excluding carboxylic acids is 1. The number of esters is 1. The van der Waals surface area contributed by atoms with Crippen LogP contribution in [0.1, 0.15) is 12.5 Å². The molecule has 4 rings (SSSR count). The lowest BCUT2D eigenvalue weighted by molar-refractivity contribution is -0.281. The van der Waals surface area contributed by atoms with E-state index in [0.29, 0.717) is 16.6 Å². The molecule has 2 unspecified atom stereocenters. The molecule has 0 saturated carbocycles. The van der Waals surface area contributed by atoms with Gasteiger partial charge in [0.15, 0.2) is 5.60 Å². The minimum absolute atomic E-state index is 0.0513. The molecule has 1 aromatic heterocycles. The van der Waals surface area contributed by atoms with E-state index in [1.807, 2.05) is 0 Å². The summed E-state index contributed by atoms with van der Waals surface area (Å²) in [6, 6.07) is 9.33. The number of fused-ring (bicyclic) bond motifs is 1. The van der Waals surface area contributed by atoms with Crippen LogP contribution in [0.2, 0.25) is 0 Å². The maximum atomic E-state index is 14.4. The quantitative estimate of drug-likeness (QED) is 0.301. The van der Waals surface area contributed by atoms with Gasteiger partial charge in [-0.1, -0.05) is 12.1 Å². The number of alkyl halides is 3. The van der Waals surface area contributed by atoms with E-state index in [-0.39, 0.29) is 31.0 Å². The summed E-state index contributed by atoms with van der Waals surface area (Å²) in [5, 5.41) is 15.8. The standard InChI is InChI=1S/C25H23F4N3O3/c1-3-11-31-15-18(13-22(31)23(33)35-4-2)24(34,25(27,28)29)17-5-10-21-16(12-17)14-30-32(21)20-8-6-19(26)7-9-20/h3,5-10,12-14,18,34H,1,4,11,15H2,2H3. The van der Waals surface area contributed by atoms with Crippen LogP contribution in [0.25, 0.3) is 16.6 Å². The van der Waals surface area contributed by atoms with Crippen LogP contribution in [-0.4, -0.2) is 51.6 Å². The Morgan fingerprint density at radius 1 is 1.26 bits per heavy atom. The van der Waals surface area contributed by atoms with E-state index in [1.54, 1.807) is 6.92 Å². The van der Waals surface area contributed by atoms with Gasteiger partial charge >= 0.3 is 12.1 Å². The fourth-order valence-electron chi connectivity index (χ4n) is 4.31. The van der Waals surface area contributed by atoms with Crippen molar-refractivity contribution in [2.75, 3.05) is 19.7 Å². The molecule has 2 heterocycles. The van der Waals surface area contributed by atoms with E-state index < -0.39 is 29.5 Å². The smallest absolute Gasteiger partial charge is 0.422 e. The molecule has 0 saturated heterocycles. The summed E-state index contributed by atoms with van der Waals surface area (Å²) >= 11 is 0. The topological polar surface area (TPSA) is 67.6 Å². The van der Waals surface area contributed by atoms with Crippen molar-refractivity contribution in [3.05, 3.63) is 84.5 Å². The van der Waals surface area contributed by atoms with Crippen LogP contribution in [0.4, 0.5) is 17.6 Å². The number of ether oxygens (including phenoxy) is 1. The van der Waals surface area contributed by atoms with E-state index in [0.717, 1.165) is 6.08 Å². The summed E-state index contributed by atoms with van der Waals surface area (Å²) in [6.07, 6.45) is -1.12. The third-order valence-electron chi connectivity index (χ3n) is 6.00. The van der Waals surface area contributed by atoms with Gasteiger partial charge < -0.3 is 14.7 Å². The monoisotopic (exact) mass is 489 g/mol. The number of hydrogen-bond acceptors (Lipinski definition) is 5. The first-order valence-corrected chi connectivity index (χ1v) is 10.9. The molecule has 0 fully saturated rings. The van der Waals surface area contributed by atoms with Crippen molar-refractivity contribution < 1.29 is 32.2 Å². The van der Waals surface area contributed by atoms with E-state index in [4.69, 9.17) is 4.74 Å². The highest BCUT2D eigenvalue weighted by atomic mass is 19.4. The number of halogens is 4. The molecule has 0 amide bonds. The van der Waals surface area contributed by atoms with Crippen LogP contribution < -0.4 is 0 Å². The molecule has 10 heteroatoms. The number of rotatable bonds is 7. The number of carbonyl (C=O) groups is 1. The summed E-state index contributed by atoms with van der Waals surface area (Å²) in [5.41, 5.74) is -2.72. The predicted octanol–water partition coefficient (Wildman–Crippen LogP) is 4.48. The Bertz CT molecular complexity index is 1280. The second kappa shape index (κ2) is 9.18. The zero-order chi connectivity index (χ0) is 25.4. The van der Waals surface area contributed by atoms with E-state index in [2.05, 4.69) is 11.7 Å². The van der Waals surface area contributed by atoms with E-state index >= 15 is 0 Å². The van der Waals surface area contributed by atoms with Crippen molar-refractivity contribution in [3.63, 3.8) is 0 Å². The second-order valence-corrected chi connectivity index (χ2v) is 8.14. The molecule has 1 aliphatic heterocycles. The van der Waals surface area contributed by atoms with Gasteiger partial charge in [0.1, 0.15) is 11.5 Å². The largest absolute Gasteiger partial charge is 0.461 e. The van der Waals surface area contributed by atoms with Crippen LogP contribution >= 0.6 is 0 Å². The molecule has 0 radical (unpaired) electrons. The number of aromatic nitrogens is 2. The number of aliphatic hydroxyl groups is 1. The molecule has 6 nitrogen and oxygen atoms in total. The molecule has 0 bridgehead atoms. The lowest BCUT2D eigenvalue weighted by atomic mass is 9.80. The average Bonchev–Trinajstić information content (AvgIpc) is 3.43. The lowest BCUT2D eigenvalue weighted by Crippen LogP contribution is -2.49. The maximum absolute atomic E-state index is 14.4. The SMILES string of the molecule is C=CCN1CC(C(O)(c2ccc3c(cnn3-c3ccc(F)cc3)c2)C(F)(F)F)C=C1C(=O)OCC. The molecule has 2 atom stereocenters. The Hall–Kier alpha value is -3.66. The third kappa shape index (κ3) is 4.29. The van der Waals surface area contributed by atoms with Crippen molar-refractivity contribution >= 4 is 16.9 Å². The number of benzene rings is 2. The van der Waals surface area contributed by atoms with Gasteiger partial charge in [-0.05, 0) is 55.0 Å². The number of hydrogen-bond donors (Lipinski definition) is 1. The first-order chi connectivity index (χ1) is 16.6. The van der Waals surface area contributed by atoms with Gasteiger partial charge in [0, 0.05) is 24.4 Å². The Balaban J connectivity index is 1.78. The van der Waals surface area contributed by atoms with Crippen molar-refractivity contribution in [3.8, 4) is 5.69 Å². The molecular weight excluding hydrogens is 466 g/mol. The lowest BCUT2D eigenvalue weighted by Gasteiger charge is -2.36. The van der Waals surface area contributed by atoms with Crippen LogP contribution in [0, 0.1) is 11.7 Å². The average molecular weight is 489 g/mol. The Morgan fingerprint density at radius 2 is 1.97 bits per heavy atom. The van der Waals surface area contributed by atoms with Gasteiger partial charge in [0.2, 0.25) is 0 Å². The zero-order valence-corrected chi connectivity index (χ0v) is 18.8. The molecule has 2 aromatic carbocycles. The molecule has 1 N–H and O–H groups in total. The minimum atomic E-state index is -5.06. The normalized spacial score (nSPS) is 17.8. The van der Waals surface area contributed by atoms with Crippen LogP contribution in [0.3, 0.4) is 0 Å². The Labute approximate surface area is 198 Å². The molecule has 1 aliphatic rings. The predicted molar refractivity (Wildman–Crippen MR) is 121 cm³/mol. The highest BCUT2D eigenvalue weighted by Crippen LogP contribution is 2.48.